The van der Waals surface area contributed by atoms with Crippen LogP contribution in [0.1, 0.15) is 34.1 Å². The highest BCUT2D eigenvalue weighted by Gasteiger charge is 2.28. The van der Waals surface area contributed by atoms with Gasteiger partial charge in [-0.1, -0.05) is 20.3 Å². The number of piperazine rings is 1. The van der Waals surface area contributed by atoms with Crippen molar-refractivity contribution in [2.45, 2.75) is 52.3 Å². The van der Waals surface area contributed by atoms with Gasteiger partial charge in [0.2, 0.25) is 0 Å². The highest BCUT2D eigenvalue weighted by atomic mass is 16.5. The van der Waals surface area contributed by atoms with Gasteiger partial charge in [0, 0.05) is 38.8 Å². The fourth-order valence-electron chi connectivity index (χ4n) is 2.27. The molecule has 0 aromatic carbocycles. The Hall–Kier alpha value is -0.120. The molecule has 0 radical (unpaired) electrons. The molecule has 1 heterocycles. The standard InChI is InChI=1S/C13H28N2O/c1-6-10(2)13-9-15(8-12(4)16-5)11(3)7-14-13/h10-14H,6-9H2,1-5H3. The molecule has 1 N–H and O–H groups in total. The molecule has 0 aromatic rings. The Morgan fingerprint density at radius 1 is 1.44 bits per heavy atom. The molecule has 4 unspecified atom stereocenters. The van der Waals surface area contributed by atoms with Crippen LogP contribution in [0.3, 0.4) is 0 Å². The zero-order valence-corrected chi connectivity index (χ0v) is 11.5. The summed E-state index contributed by atoms with van der Waals surface area (Å²) in [4.78, 5) is 2.56. The van der Waals surface area contributed by atoms with E-state index >= 15 is 0 Å². The fraction of sp³-hybridized carbons (Fsp3) is 1.00. The van der Waals surface area contributed by atoms with Crippen LogP contribution >= 0.6 is 0 Å². The molecule has 1 rings (SSSR count). The van der Waals surface area contributed by atoms with Crippen LogP contribution in [0.15, 0.2) is 0 Å². The summed E-state index contributed by atoms with van der Waals surface area (Å²) in [5.74, 6) is 0.757. The number of rotatable bonds is 5. The lowest BCUT2D eigenvalue weighted by Gasteiger charge is -2.41. The van der Waals surface area contributed by atoms with Gasteiger partial charge in [-0.2, -0.15) is 0 Å². The first-order chi connectivity index (χ1) is 7.58. The highest BCUT2D eigenvalue weighted by Crippen LogP contribution is 2.15. The molecule has 4 atom stereocenters. The van der Waals surface area contributed by atoms with Gasteiger partial charge in [-0.15, -0.1) is 0 Å². The third kappa shape index (κ3) is 3.72. The lowest BCUT2D eigenvalue weighted by atomic mass is 9.95. The summed E-state index contributed by atoms with van der Waals surface area (Å²) < 4.78 is 5.36. The summed E-state index contributed by atoms with van der Waals surface area (Å²) in [7, 11) is 1.80. The third-order valence-electron chi connectivity index (χ3n) is 3.95. The van der Waals surface area contributed by atoms with Gasteiger partial charge in [-0.25, -0.2) is 0 Å². The molecular weight excluding hydrogens is 200 g/mol. The summed E-state index contributed by atoms with van der Waals surface area (Å²) in [6, 6.07) is 1.27. The normalized spacial score (nSPS) is 31.3. The minimum Gasteiger partial charge on any atom is -0.380 e. The van der Waals surface area contributed by atoms with Crippen LogP contribution in [0.5, 0.6) is 0 Å². The topological polar surface area (TPSA) is 24.5 Å². The van der Waals surface area contributed by atoms with E-state index in [9.17, 15) is 0 Å². The van der Waals surface area contributed by atoms with Gasteiger partial charge in [0.15, 0.2) is 0 Å². The highest BCUT2D eigenvalue weighted by molar-refractivity contribution is 4.86. The summed E-state index contributed by atoms with van der Waals surface area (Å²) in [6.45, 7) is 12.4. The number of ether oxygens (including phenoxy) is 1. The van der Waals surface area contributed by atoms with Crippen LogP contribution in [0.2, 0.25) is 0 Å². The molecule has 0 spiro atoms. The predicted molar refractivity (Wildman–Crippen MR) is 68.8 cm³/mol. The van der Waals surface area contributed by atoms with Crippen molar-refractivity contribution in [2.24, 2.45) is 5.92 Å². The Morgan fingerprint density at radius 3 is 2.69 bits per heavy atom. The molecule has 0 aliphatic carbocycles. The second-order valence-electron chi connectivity index (χ2n) is 5.25. The van der Waals surface area contributed by atoms with Crippen LogP contribution in [-0.2, 0) is 4.74 Å². The molecule has 16 heavy (non-hydrogen) atoms. The maximum atomic E-state index is 5.36. The molecular formula is C13H28N2O. The Labute approximate surface area is 101 Å². The summed E-state index contributed by atoms with van der Waals surface area (Å²) in [6.07, 6.45) is 1.58. The smallest absolute Gasteiger partial charge is 0.0670 e. The van der Waals surface area contributed by atoms with E-state index in [1.54, 1.807) is 7.11 Å². The zero-order valence-electron chi connectivity index (χ0n) is 11.5. The van der Waals surface area contributed by atoms with Crippen molar-refractivity contribution in [3.8, 4) is 0 Å². The van der Waals surface area contributed by atoms with Gasteiger partial charge in [0.05, 0.1) is 6.10 Å². The van der Waals surface area contributed by atoms with Crippen LogP contribution in [0.4, 0.5) is 0 Å². The van der Waals surface area contributed by atoms with Crippen LogP contribution < -0.4 is 5.32 Å². The van der Waals surface area contributed by atoms with Crippen molar-refractivity contribution < 1.29 is 4.74 Å². The molecule has 0 aromatic heterocycles. The molecule has 3 heteroatoms. The Bertz CT molecular complexity index is 198. The second-order valence-corrected chi connectivity index (χ2v) is 5.25. The van der Waals surface area contributed by atoms with Gasteiger partial charge in [-0.3, -0.25) is 4.90 Å². The number of nitrogens with one attached hydrogen (secondary N) is 1. The summed E-state index contributed by atoms with van der Waals surface area (Å²) in [5.41, 5.74) is 0. The van der Waals surface area contributed by atoms with E-state index in [0.29, 0.717) is 18.2 Å². The van der Waals surface area contributed by atoms with E-state index in [2.05, 4.69) is 37.9 Å². The summed E-state index contributed by atoms with van der Waals surface area (Å²) in [5, 5.41) is 3.66. The lowest BCUT2D eigenvalue weighted by molar-refractivity contribution is 0.0391. The monoisotopic (exact) mass is 228 g/mol. The Kier molecular flexibility index (Phi) is 5.73. The number of nitrogens with zero attached hydrogens (tertiary/aromatic N) is 1. The van der Waals surface area contributed by atoms with E-state index in [-0.39, 0.29) is 0 Å². The second kappa shape index (κ2) is 6.58. The van der Waals surface area contributed by atoms with Crippen LogP contribution in [-0.4, -0.2) is 49.8 Å². The molecule has 0 amide bonds. The molecule has 96 valence electrons. The molecule has 0 bridgehead atoms. The van der Waals surface area contributed by atoms with Crippen molar-refractivity contribution in [1.82, 2.24) is 10.2 Å². The summed E-state index contributed by atoms with van der Waals surface area (Å²) >= 11 is 0. The van der Waals surface area contributed by atoms with Crippen molar-refractivity contribution in [1.29, 1.82) is 0 Å². The van der Waals surface area contributed by atoms with Crippen molar-refractivity contribution in [3.63, 3.8) is 0 Å². The number of hydrogen-bond donors (Lipinski definition) is 1. The molecule has 3 nitrogen and oxygen atoms in total. The minimum absolute atomic E-state index is 0.332. The number of methoxy groups -OCH3 is 1. The minimum atomic E-state index is 0.332. The van der Waals surface area contributed by atoms with E-state index in [4.69, 9.17) is 4.74 Å². The van der Waals surface area contributed by atoms with Gasteiger partial charge in [-0.05, 0) is 19.8 Å². The average Bonchev–Trinajstić information content (AvgIpc) is 2.30. The van der Waals surface area contributed by atoms with Crippen molar-refractivity contribution in [2.75, 3.05) is 26.7 Å². The first-order valence-electron chi connectivity index (χ1n) is 6.58. The van der Waals surface area contributed by atoms with E-state index < -0.39 is 0 Å². The van der Waals surface area contributed by atoms with Crippen molar-refractivity contribution in [3.05, 3.63) is 0 Å². The van der Waals surface area contributed by atoms with E-state index in [1.807, 2.05) is 0 Å². The molecule has 0 saturated carbocycles. The maximum absolute atomic E-state index is 5.36. The van der Waals surface area contributed by atoms with E-state index in [0.717, 1.165) is 25.6 Å². The molecule has 1 aliphatic rings. The van der Waals surface area contributed by atoms with Gasteiger partial charge in [0.25, 0.3) is 0 Å². The SMILES string of the molecule is CCC(C)C1CN(CC(C)OC)C(C)CN1. The van der Waals surface area contributed by atoms with Gasteiger partial charge >= 0.3 is 0 Å². The quantitative estimate of drug-likeness (QED) is 0.775. The maximum Gasteiger partial charge on any atom is 0.0670 e. The molecule has 1 fully saturated rings. The van der Waals surface area contributed by atoms with E-state index in [1.165, 1.54) is 6.42 Å². The molecule has 1 saturated heterocycles. The largest absolute Gasteiger partial charge is 0.380 e. The number of hydrogen-bond acceptors (Lipinski definition) is 3. The van der Waals surface area contributed by atoms with Crippen LogP contribution in [0, 0.1) is 5.92 Å². The molecule has 1 aliphatic heterocycles. The third-order valence-corrected chi connectivity index (χ3v) is 3.95. The fourth-order valence-corrected chi connectivity index (χ4v) is 2.27. The first-order valence-corrected chi connectivity index (χ1v) is 6.58. The first kappa shape index (κ1) is 13.9. The Balaban J connectivity index is 2.48. The zero-order chi connectivity index (χ0) is 12.1. The predicted octanol–water partition coefficient (Wildman–Crippen LogP) is 1.73. The van der Waals surface area contributed by atoms with Crippen molar-refractivity contribution >= 4 is 0 Å². The average molecular weight is 228 g/mol. The van der Waals surface area contributed by atoms with Gasteiger partial charge in [0.1, 0.15) is 0 Å². The lowest BCUT2D eigenvalue weighted by Crippen LogP contribution is -2.58. The van der Waals surface area contributed by atoms with Gasteiger partial charge < -0.3 is 10.1 Å². The Morgan fingerprint density at radius 2 is 2.12 bits per heavy atom. The van der Waals surface area contributed by atoms with Crippen LogP contribution in [0.25, 0.3) is 0 Å².